The van der Waals surface area contributed by atoms with Crippen molar-refractivity contribution in [2.45, 2.75) is 36.8 Å². The third-order valence-corrected chi connectivity index (χ3v) is 8.35. The maximum Gasteiger partial charge on any atom is 0.335 e. The highest BCUT2D eigenvalue weighted by Crippen LogP contribution is 2.42. The van der Waals surface area contributed by atoms with Gasteiger partial charge in [0.05, 0.1) is 17.4 Å². The number of hydrogen-bond acceptors (Lipinski definition) is 4. The van der Waals surface area contributed by atoms with Crippen LogP contribution >= 0.6 is 0 Å². The Morgan fingerprint density at radius 1 is 0.625 bits per heavy atom. The summed E-state index contributed by atoms with van der Waals surface area (Å²) in [6.07, 6.45) is 1.69. The Hall–Kier alpha value is -4.46. The summed E-state index contributed by atoms with van der Waals surface area (Å²) in [5, 5.41) is 15.4. The van der Waals surface area contributed by atoms with E-state index in [4.69, 9.17) is 0 Å². The number of benzene rings is 3. The van der Waals surface area contributed by atoms with Crippen molar-refractivity contribution in [2.75, 3.05) is 13.1 Å². The Morgan fingerprint density at radius 3 is 1.48 bits per heavy atom. The van der Waals surface area contributed by atoms with E-state index in [2.05, 4.69) is 34.9 Å². The predicted octanol–water partition coefficient (Wildman–Crippen LogP) is 3.42. The Bertz CT molecular complexity index is 1350. The quantitative estimate of drug-likeness (QED) is 0.407. The smallest absolute Gasteiger partial charge is 0.335 e. The van der Waals surface area contributed by atoms with E-state index in [9.17, 15) is 24.3 Å². The van der Waals surface area contributed by atoms with Crippen molar-refractivity contribution in [3.05, 3.63) is 107 Å². The van der Waals surface area contributed by atoms with E-state index in [-0.39, 0.29) is 60.3 Å². The van der Waals surface area contributed by atoms with Crippen LogP contribution in [0, 0.1) is 11.8 Å². The van der Waals surface area contributed by atoms with Gasteiger partial charge >= 0.3 is 5.97 Å². The lowest BCUT2D eigenvalue weighted by Crippen LogP contribution is -2.43. The highest BCUT2D eigenvalue weighted by atomic mass is 16.4. The molecule has 3 aromatic rings. The van der Waals surface area contributed by atoms with Crippen LogP contribution < -0.4 is 10.6 Å². The van der Waals surface area contributed by atoms with Crippen LogP contribution in [0.5, 0.6) is 0 Å². The summed E-state index contributed by atoms with van der Waals surface area (Å²) in [6.45, 7) is 0.248. The molecule has 1 saturated heterocycles. The van der Waals surface area contributed by atoms with Crippen LogP contribution in [0.25, 0.3) is 0 Å². The Kier molecular flexibility index (Phi) is 6.84. The number of carbonyl (C=O) groups is 4. The lowest BCUT2D eigenvalue weighted by atomic mass is 9.94. The lowest BCUT2D eigenvalue weighted by Gasteiger charge is -2.18. The molecule has 2 saturated carbocycles. The van der Waals surface area contributed by atoms with Gasteiger partial charge in [-0.1, -0.05) is 60.7 Å². The van der Waals surface area contributed by atoms with Gasteiger partial charge in [-0.25, -0.2) is 4.79 Å². The summed E-state index contributed by atoms with van der Waals surface area (Å²) in [5.41, 5.74) is 2.76. The van der Waals surface area contributed by atoms with Crippen molar-refractivity contribution in [3.8, 4) is 0 Å². The molecule has 2 aliphatic carbocycles. The minimum Gasteiger partial charge on any atom is -0.478 e. The second-order valence-electron chi connectivity index (χ2n) is 11.0. The molecule has 8 heteroatoms. The first kappa shape index (κ1) is 25.8. The number of likely N-dealkylation sites (tertiary alicyclic amines) is 1. The predicted molar refractivity (Wildman–Crippen MR) is 148 cm³/mol. The number of carboxylic acids is 1. The molecule has 3 N–H and O–H groups in total. The Morgan fingerprint density at radius 2 is 1.05 bits per heavy atom. The van der Waals surface area contributed by atoms with Gasteiger partial charge in [-0.05, 0) is 48.2 Å². The summed E-state index contributed by atoms with van der Waals surface area (Å²) >= 11 is 0. The largest absolute Gasteiger partial charge is 0.478 e. The zero-order valence-electron chi connectivity index (χ0n) is 21.9. The Balaban J connectivity index is 1.15. The molecule has 8 nitrogen and oxygen atoms in total. The molecule has 1 aliphatic heterocycles. The summed E-state index contributed by atoms with van der Waals surface area (Å²) in [7, 11) is 0. The van der Waals surface area contributed by atoms with Crippen molar-refractivity contribution in [1.29, 1.82) is 0 Å². The first-order valence-corrected chi connectivity index (χ1v) is 13.7. The minimum absolute atomic E-state index is 0.0119. The molecule has 0 unspecified atom stereocenters. The fraction of sp³-hybridized carbons (Fsp3) is 0.312. The summed E-state index contributed by atoms with van der Waals surface area (Å²) in [5.74, 6) is -2.67. The number of hydrogen-bond donors (Lipinski definition) is 3. The van der Waals surface area contributed by atoms with Crippen LogP contribution in [0.2, 0.25) is 0 Å². The lowest BCUT2D eigenvalue weighted by molar-refractivity contribution is -0.133. The van der Waals surface area contributed by atoms with E-state index in [0.717, 1.165) is 12.8 Å². The fourth-order valence-corrected chi connectivity index (χ4v) is 5.86. The van der Waals surface area contributed by atoms with Gasteiger partial charge in [0.25, 0.3) is 5.91 Å². The maximum atomic E-state index is 13.5. The van der Waals surface area contributed by atoms with Gasteiger partial charge in [0.2, 0.25) is 11.8 Å². The third kappa shape index (κ3) is 5.34. The molecular formula is C32H31N3O5. The van der Waals surface area contributed by atoms with Crippen molar-refractivity contribution in [3.63, 3.8) is 0 Å². The summed E-state index contributed by atoms with van der Waals surface area (Å²) in [6, 6.07) is 25.8. The number of nitrogens with zero attached hydrogens (tertiary/aromatic N) is 1. The number of rotatable bonds is 8. The van der Waals surface area contributed by atoms with Gasteiger partial charge in [0, 0.05) is 42.6 Å². The second-order valence-corrected chi connectivity index (χ2v) is 11.0. The molecule has 0 radical (unpaired) electrons. The molecule has 3 aliphatic rings. The minimum atomic E-state index is -1.07. The molecule has 0 bridgehead atoms. The van der Waals surface area contributed by atoms with Gasteiger partial charge in [-0.15, -0.1) is 0 Å². The van der Waals surface area contributed by atoms with Gasteiger partial charge < -0.3 is 20.6 Å². The molecule has 40 heavy (non-hydrogen) atoms. The molecule has 3 aromatic carbocycles. The molecule has 1 heterocycles. The van der Waals surface area contributed by atoms with E-state index in [1.54, 1.807) is 0 Å². The van der Waals surface area contributed by atoms with Gasteiger partial charge in [-0.3, -0.25) is 14.4 Å². The summed E-state index contributed by atoms with van der Waals surface area (Å²) in [4.78, 5) is 53.1. The molecule has 3 fully saturated rings. The van der Waals surface area contributed by atoms with E-state index in [1.807, 2.05) is 36.4 Å². The van der Waals surface area contributed by atoms with Gasteiger partial charge in [0.1, 0.15) is 0 Å². The van der Waals surface area contributed by atoms with Crippen molar-refractivity contribution in [1.82, 2.24) is 15.5 Å². The van der Waals surface area contributed by atoms with Crippen molar-refractivity contribution >= 4 is 23.7 Å². The van der Waals surface area contributed by atoms with Crippen LogP contribution in [0.15, 0.2) is 84.9 Å². The molecule has 0 spiro atoms. The highest BCUT2D eigenvalue weighted by Gasteiger charge is 2.48. The molecule has 204 valence electrons. The van der Waals surface area contributed by atoms with Crippen LogP contribution in [-0.4, -0.2) is 58.9 Å². The number of carbonyl (C=O) groups excluding carboxylic acids is 3. The number of nitrogens with one attached hydrogen (secondary N) is 2. The normalized spacial score (nSPS) is 26.6. The molecular weight excluding hydrogens is 506 g/mol. The molecule has 0 aromatic heterocycles. The zero-order chi connectivity index (χ0) is 27.8. The monoisotopic (exact) mass is 537 g/mol. The van der Waals surface area contributed by atoms with Gasteiger partial charge in [0.15, 0.2) is 0 Å². The Labute approximate surface area is 232 Å². The van der Waals surface area contributed by atoms with Gasteiger partial charge in [-0.2, -0.15) is 0 Å². The molecule has 3 amide bonds. The maximum absolute atomic E-state index is 13.5. The average Bonchev–Trinajstić information content (AvgIpc) is 3.88. The third-order valence-electron chi connectivity index (χ3n) is 8.35. The van der Waals surface area contributed by atoms with Crippen molar-refractivity contribution < 1.29 is 24.3 Å². The van der Waals surface area contributed by atoms with Crippen LogP contribution in [-0.2, 0) is 9.59 Å². The zero-order valence-corrected chi connectivity index (χ0v) is 21.9. The first-order chi connectivity index (χ1) is 19.4. The number of carboxylic acid groups (broad SMARTS) is 1. The van der Waals surface area contributed by atoms with E-state index >= 15 is 0 Å². The average molecular weight is 538 g/mol. The molecule has 6 atom stereocenters. The number of aromatic carboxylic acids is 1. The van der Waals surface area contributed by atoms with E-state index in [0.29, 0.717) is 5.56 Å². The topological polar surface area (TPSA) is 116 Å². The SMILES string of the molecule is O=C(O)c1ccc(C(=O)N2C[C@@H](C(=O)N[C@@H]3C[C@H]3c3ccccc3)[C@H](C(=O)N[C@@H]3C[C@H]3c3ccccc3)C2)cc1. The van der Waals surface area contributed by atoms with E-state index in [1.165, 1.54) is 40.3 Å². The van der Waals surface area contributed by atoms with Crippen molar-refractivity contribution in [2.24, 2.45) is 11.8 Å². The second kappa shape index (κ2) is 10.6. The highest BCUT2D eigenvalue weighted by molar-refractivity contribution is 5.98. The fourth-order valence-electron chi connectivity index (χ4n) is 5.86. The van der Waals surface area contributed by atoms with E-state index < -0.39 is 17.8 Å². The summed E-state index contributed by atoms with van der Waals surface area (Å²) < 4.78 is 0. The standard InChI is InChI=1S/C32H31N3O5/c36-29(33-27-15-23(27)19-7-3-1-4-8-19)25-17-35(31(38)21-11-13-22(14-12-21)32(39)40)18-26(25)30(37)34-28-16-24(28)20-9-5-2-6-10-20/h1-14,23-28H,15-18H2,(H,33,36)(H,34,37)(H,39,40)/t23-,24-,25+,26+,27+,28+/m0/s1. The van der Waals surface area contributed by atoms with Crippen LogP contribution in [0.4, 0.5) is 0 Å². The number of amides is 3. The first-order valence-electron chi connectivity index (χ1n) is 13.7. The van der Waals surface area contributed by atoms with Crippen LogP contribution in [0.1, 0.15) is 56.5 Å². The van der Waals surface area contributed by atoms with Crippen LogP contribution in [0.3, 0.4) is 0 Å². The molecule has 6 rings (SSSR count).